The number of aryl methyl sites for hydroxylation is 1. The summed E-state index contributed by atoms with van der Waals surface area (Å²) >= 11 is 1.85. The van der Waals surface area contributed by atoms with Crippen molar-refractivity contribution in [2.75, 3.05) is 6.54 Å². The van der Waals surface area contributed by atoms with Crippen LogP contribution in [0, 0.1) is 6.92 Å². The van der Waals surface area contributed by atoms with Gasteiger partial charge in [0.25, 0.3) is 5.56 Å². The van der Waals surface area contributed by atoms with E-state index in [-0.39, 0.29) is 5.56 Å². The van der Waals surface area contributed by atoms with Gasteiger partial charge in [0.05, 0.1) is 11.3 Å². The number of nitrogens with zero attached hydrogens (tertiary/aromatic N) is 2. The zero-order valence-electron chi connectivity index (χ0n) is 17.6. The maximum atomic E-state index is 12.8. The van der Waals surface area contributed by atoms with Crippen molar-refractivity contribution in [3.05, 3.63) is 74.3 Å². The Labute approximate surface area is 182 Å². The zero-order valence-corrected chi connectivity index (χ0v) is 18.4. The van der Waals surface area contributed by atoms with Crippen molar-refractivity contribution in [2.24, 2.45) is 0 Å². The van der Waals surface area contributed by atoms with E-state index in [1.807, 2.05) is 11.3 Å². The van der Waals surface area contributed by atoms with Crippen molar-refractivity contribution in [1.82, 2.24) is 14.9 Å². The summed E-state index contributed by atoms with van der Waals surface area (Å²) in [5.41, 5.74) is 4.54. The minimum atomic E-state index is 0.0804. The van der Waals surface area contributed by atoms with E-state index in [1.54, 1.807) is 0 Å². The predicted molar refractivity (Wildman–Crippen MR) is 123 cm³/mol. The summed E-state index contributed by atoms with van der Waals surface area (Å²) in [6, 6.07) is 13.2. The number of benzene rings is 1. The van der Waals surface area contributed by atoms with Crippen LogP contribution in [0.15, 0.2) is 41.2 Å². The first-order valence-electron chi connectivity index (χ1n) is 11.2. The SMILES string of the molecule is Cc1ccc(-c2ccc(CN3CCc4nc(C5CCCCC5)[nH]c(=O)c4C3)s2)cc1. The number of nitrogens with one attached hydrogen (secondary N) is 1. The van der Waals surface area contributed by atoms with E-state index in [4.69, 9.17) is 4.98 Å². The van der Waals surface area contributed by atoms with Gasteiger partial charge in [0, 0.05) is 41.7 Å². The lowest BCUT2D eigenvalue weighted by Gasteiger charge is -2.28. The van der Waals surface area contributed by atoms with Crippen molar-refractivity contribution >= 4 is 11.3 Å². The predicted octanol–water partition coefficient (Wildman–Crippen LogP) is 5.41. The van der Waals surface area contributed by atoms with Gasteiger partial charge in [-0.25, -0.2) is 4.98 Å². The number of aromatic nitrogens is 2. The number of aromatic amines is 1. The number of hydrogen-bond acceptors (Lipinski definition) is 4. The van der Waals surface area contributed by atoms with Gasteiger partial charge in [-0.05, 0) is 37.5 Å². The Hall–Kier alpha value is -2.24. The molecule has 2 aliphatic rings. The Kier molecular flexibility index (Phi) is 5.57. The van der Waals surface area contributed by atoms with E-state index in [0.29, 0.717) is 12.5 Å². The molecule has 3 aromatic rings. The lowest BCUT2D eigenvalue weighted by atomic mass is 9.88. The summed E-state index contributed by atoms with van der Waals surface area (Å²) in [4.78, 5) is 25.9. The van der Waals surface area contributed by atoms with Crippen LogP contribution in [0.1, 0.15) is 65.5 Å². The molecule has 0 radical (unpaired) electrons. The molecule has 1 aliphatic heterocycles. The highest BCUT2D eigenvalue weighted by Crippen LogP contribution is 2.32. The molecule has 156 valence electrons. The summed E-state index contributed by atoms with van der Waals surface area (Å²) in [5, 5.41) is 0. The van der Waals surface area contributed by atoms with Crippen LogP contribution in [0.25, 0.3) is 10.4 Å². The third-order valence-corrected chi connectivity index (χ3v) is 7.65. The summed E-state index contributed by atoms with van der Waals surface area (Å²) in [6.07, 6.45) is 7.02. The van der Waals surface area contributed by atoms with Crippen LogP contribution < -0.4 is 5.56 Å². The van der Waals surface area contributed by atoms with Gasteiger partial charge < -0.3 is 4.98 Å². The Balaban J connectivity index is 1.29. The van der Waals surface area contributed by atoms with E-state index in [9.17, 15) is 4.79 Å². The zero-order chi connectivity index (χ0) is 20.5. The minimum Gasteiger partial charge on any atom is -0.310 e. The van der Waals surface area contributed by atoms with Gasteiger partial charge in [0.15, 0.2) is 0 Å². The van der Waals surface area contributed by atoms with Gasteiger partial charge in [-0.3, -0.25) is 9.69 Å². The van der Waals surface area contributed by atoms with Crippen molar-refractivity contribution < 1.29 is 0 Å². The van der Waals surface area contributed by atoms with Crippen LogP contribution in [0.4, 0.5) is 0 Å². The highest BCUT2D eigenvalue weighted by molar-refractivity contribution is 7.15. The van der Waals surface area contributed by atoms with E-state index in [0.717, 1.165) is 49.4 Å². The molecule has 1 saturated carbocycles. The van der Waals surface area contributed by atoms with Crippen molar-refractivity contribution in [1.29, 1.82) is 0 Å². The molecule has 0 saturated heterocycles. The fourth-order valence-electron chi connectivity index (χ4n) is 4.76. The number of H-pyrrole nitrogens is 1. The topological polar surface area (TPSA) is 49.0 Å². The molecular formula is C25H29N3OS. The number of rotatable bonds is 4. The maximum Gasteiger partial charge on any atom is 0.255 e. The Morgan fingerprint density at radius 3 is 2.70 bits per heavy atom. The molecule has 1 aliphatic carbocycles. The third kappa shape index (κ3) is 4.14. The monoisotopic (exact) mass is 419 g/mol. The second kappa shape index (κ2) is 8.48. The second-order valence-electron chi connectivity index (χ2n) is 8.80. The van der Waals surface area contributed by atoms with Crippen LogP contribution in [-0.4, -0.2) is 21.4 Å². The first-order chi connectivity index (χ1) is 14.7. The highest BCUT2D eigenvalue weighted by atomic mass is 32.1. The second-order valence-corrected chi connectivity index (χ2v) is 9.97. The summed E-state index contributed by atoms with van der Waals surface area (Å²) < 4.78 is 0. The lowest BCUT2D eigenvalue weighted by Crippen LogP contribution is -2.36. The fourth-order valence-corrected chi connectivity index (χ4v) is 5.82. The van der Waals surface area contributed by atoms with Crippen LogP contribution in [0.3, 0.4) is 0 Å². The van der Waals surface area contributed by atoms with Crippen molar-refractivity contribution in [3.63, 3.8) is 0 Å². The summed E-state index contributed by atoms with van der Waals surface area (Å²) in [7, 11) is 0. The van der Waals surface area contributed by atoms with E-state index in [1.165, 1.54) is 40.1 Å². The molecule has 5 heteroatoms. The van der Waals surface area contributed by atoms with Crippen LogP contribution >= 0.6 is 11.3 Å². The highest BCUT2D eigenvalue weighted by Gasteiger charge is 2.24. The molecule has 2 aromatic heterocycles. The van der Waals surface area contributed by atoms with E-state index < -0.39 is 0 Å². The van der Waals surface area contributed by atoms with Gasteiger partial charge in [-0.1, -0.05) is 49.1 Å². The molecule has 0 bridgehead atoms. The average molecular weight is 420 g/mol. The molecule has 1 N–H and O–H groups in total. The normalized spacial score (nSPS) is 17.8. The van der Waals surface area contributed by atoms with Crippen LogP contribution in [-0.2, 0) is 19.5 Å². The maximum absolute atomic E-state index is 12.8. The fraction of sp³-hybridized carbons (Fsp3) is 0.440. The molecule has 3 heterocycles. The average Bonchev–Trinajstić information content (AvgIpc) is 3.23. The number of fused-ring (bicyclic) bond motifs is 1. The lowest BCUT2D eigenvalue weighted by molar-refractivity contribution is 0.243. The third-order valence-electron chi connectivity index (χ3n) is 6.54. The largest absolute Gasteiger partial charge is 0.310 e. The quantitative estimate of drug-likeness (QED) is 0.615. The molecule has 1 fully saturated rings. The van der Waals surface area contributed by atoms with Crippen LogP contribution in [0.5, 0.6) is 0 Å². The van der Waals surface area contributed by atoms with Gasteiger partial charge >= 0.3 is 0 Å². The first-order valence-corrected chi connectivity index (χ1v) is 12.0. The Morgan fingerprint density at radius 2 is 1.90 bits per heavy atom. The molecule has 5 rings (SSSR count). The standard InChI is InChI=1S/C25H29N3OS/c1-17-7-9-18(10-8-17)23-12-11-20(30-23)15-28-14-13-22-21(16-28)25(29)27-24(26-22)19-5-3-2-4-6-19/h7-12,19H,2-6,13-16H2,1H3,(H,26,27,29). The Morgan fingerprint density at radius 1 is 1.10 bits per heavy atom. The number of thiophene rings is 1. The molecule has 0 atom stereocenters. The van der Waals surface area contributed by atoms with Crippen LogP contribution in [0.2, 0.25) is 0 Å². The molecule has 0 amide bonds. The van der Waals surface area contributed by atoms with E-state index in [2.05, 4.69) is 53.2 Å². The van der Waals surface area contributed by atoms with E-state index >= 15 is 0 Å². The van der Waals surface area contributed by atoms with Gasteiger partial charge in [-0.15, -0.1) is 11.3 Å². The molecule has 0 unspecified atom stereocenters. The summed E-state index contributed by atoms with van der Waals surface area (Å²) in [6.45, 7) is 4.66. The first kappa shape index (κ1) is 19.7. The Bertz CT molecular complexity index is 1080. The molecule has 1 aromatic carbocycles. The molecule has 30 heavy (non-hydrogen) atoms. The van der Waals surface area contributed by atoms with Crippen molar-refractivity contribution in [2.45, 2.75) is 64.5 Å². The summed E-state index contributed by atoms with van der Waals surface area (Å²) in [5.74, 6) is 1.38. The van der Waals surface area contributed by atoms with Crippen molar-refractivity contribution in [3.8, 4) is 10.4 Å². The molecular weight excluding hydrogens is 390 g/mol. The van der Waals surface area contributed by atoms with Gasteiger partial charge in [0.2, 0.25) is 0 Å². The van der Waals surface area contributed by atoms with Gasteiger partial charge in [0.1, 0.15) is 5.82 Å². The number of hydrogen-bond donors (Lipinski definition) is 1. The smallest absolute Gasteiger partial charge is 0.255 e. The molecule has 0 spiro atoms. The van der Waals surface area contributed by atoms with Gasteiger partial charge in [-0.2, -0.15) is 0 Å². The minimum absolute atomic E-state index is 0.0804. The molecule has 4 nitrogen and oxygen atoms in total.